The number of rotatable bonds is 2. The molecule has 0 aromatic heterocycles. The van der Waals surface area contributed by atoms with Crippen molar-refractivity contribution >= 4 is 5.76 Å². The van der Waals surface area contributed by atoms with Crippen LogP contribution < -0.4 is 0 Å². The summed E-state index contributed by atoms with van der Waals surface area (Å²) < 4.78 is 30.2. The molecule has 0 unspecified atom stereocenters. The molecule has 0 spiro atoms. The van der Waals surface area contributed by atoms with E-state index >= 15 is 0 Å². The first-order valence-corrected chi connectivity index (χ1v) is 3.33. The van der Waals surface area contributed by atoms with Crippen molar-refractivity contribution in [3.63, 3.8) is 0 Å². The minimum atomic E-state index is -0.539. The second-order valence-electron chi connectivity index (χ2n) is 2.25. The molecule has 0 saturated heterocycles. The van der Waals surface area contributed by atoms with E-state index in [1.807, 2.05) is 0 Å². The molecule has 0 saturated carbocycles. The first-order chi connectivity index (χ1) is 5.65. The Kier molecular flexibility index (Phi) is 2.43. The lowest BCUT2D eigenvalue weighted by Crippen LogP contribution is -1.91. The van der Waals surface area contributed by atoms with E-state index in [2.05, 4.69) is 11.3 Å². The Balaban J connectivity index is 3.13. The van der Waals surface area contributed by atoms with Crippen LogP contribution in [0.4, 0.5) is 8.78 Å². The van der Waals surface area contributed by atoms with Gasteiger partial charge in [0, 0.05) is 0 Å². The lowest BCUT2D eigenvalue weighted by molar-refractivity contribution is 0.368. The largest absolute Gasteiger partial charge is 0.497 e. The zero-order chi connectivity index (χ0) is 9.14. The van der Waals surface area contributed by atoms with Crippen molar-refractivity contribution in [2.24, 2.45) is 0 Å². The van der Waals surface area contributed by atoms with Crippen molar-refractivity contribution in [2.75, 3.05) is 7.11 Å². The summed E-state index contributed by atoms with van der Waals surface area (Å²) >= 11 is 0. The maximum Gasteiger partial charge on any atom is 0.134 e. The van der Waals surface area contributed by atoms with Crippen molar-refractivity contribution < 1.29 is 13.5 Å². The third-order valence-corrected chi connectivity index (χ3v) is 1.48. The molecule has 1 aromatic carbocycles. The fourth-order valence-electron chi connectivity index (χ4n) is 0.821. The highest BCUT2D eigenvalue weighted by atomic mass is 19.1. The highest BCUT2D eigenvalue weighted by molar-refractivity contribution is 5.57. The SMILES string of the molecule is C=C(OC)c1cc(F)ccc1F. The van der Waals surface area contributed by atoms with Gasteiger partial charge in [-0.2, -0.15) is 0 Å². The van der Waals surface area contributed by atoms with Gasteiger partial charge in [-0.05, 0) is 18.2 Å². The summed E-state index contributed by atoms with van der Waals surface area (Å²) in [7, 11) is 1.35. The van der Waals surface area contributed by atoms with Gasteiger partial charge in [-0.15, -0.1) is 0 Å². The van der Waals surface area contributed by atoms with E-state index in [0.29, 0.717) is 0 Å². The average molecular weight is 170 g/mol. The molecule has 0 N–H and O–H groups in total. The van der Waals surface area contributed by atoms with E-state index < -0.39 is 11.6 Å². The van der Waals surface area contributed by atoms with Gasteiger partial charge in [0.15, 0.2) is 0 Å². The lowest BCUT2D eigenvalue weighted by Gasteiger charge is -2.04. The Bertz CT molecular complexity index is 307. The van der Waals surface area contributed by atoms with Crippen molar-refractivity contribution in [1.82, 2.24) is 0 Å². The maximum atomic E-state index is 12.9. The van der Waals surface area contributed by atoms with Crippen LogP contribution in [-0.4, -0.2) is 7.11 Å². The third-order valence-electron chi connectivity index (χ3n) is 1.48. The zero-order valence-electron chi connectivity index (χ0n) is 6.60. The molecule has 0 radical (unpaired) electrons. The van der Waals surface area contributed by atoms with E-state index in [9.17, 15) is 8.78 Å². The molecule has 0 aliphatic carbocycles. The minimum Gasteiger partial charge on any atom is -0.497 e. The number of methoxy groups -OCH3 is 1. The molecular weight excluding hydrogens is 162 g/mol. The van der Waals surface area contributed by atoms with E-state index in [1.165, 1.54) is 7.11 Å². The van der Waals surface area contributed by atoms with Crippen molar-refractivity contribution in [3.05, 3.63) is 42.0 Å². The summed E-state index contributed by atoms with van der Waals surface area (Å²) in [6.07, 6.45) is 0. The standard InChI is InChI=1S/C9H8F2O/c1-6(12-2)8-5-7(10)3-4-9(8)11/h3-5H,1H2,2H3. The first kappa shape index (κ1) is 8.71. The van der Waals surface area contributed by atoms with Gasteiger partial charge in [-0.3, -0.25) is 0 Å². The van der Waals surface area contributed by atoms with Gasteiger partial charge in [0.2, 0.25) is 0 Å². The van der Waals surface area contributed by atoms with Gasteiger partial charge in [-0.1, -0.05) is 6.58 Å². The predicted octanol–water partition coefficient (Wildman–Crippen LogP) is 2.58. The second-order valence-corrected chi connectivity index (χ2v) is 2.25. The molecule has 1 nitrogen and oxygen atoms in total. The van der Waals surface area contributed by atoms with Crippen LogP contribution in [0.25, 0.3) is 5.76 Å². The Morgan fingerprint density at radius 2 is 2.08 bits per heavy atom. The molecule has 12 heavy (non-hydrogen) atoms. The van der Waals surface area contributed by atoms with Crippen LogP contribution in [0.3, 0.4) is 0 Å². The summed E-state index contributed by atoms with van der Waals surface area (Å²) in [4.78, 5) is 0. The number of halogens is 2. The lowest BCUT2D eigenvalue weighted by atomic mass is 10.2. The van der Waals surface area contributed by atoms with Crippen LogP contribution in [0.2, 0.25) is 0 Å². The predicted molar refractivity (Wildman–Crippen MR) is 42.4 cm³/mol. The highest BCUT2D eigenvalue weighted by Crippen LogP contribution is 2.17. The Morgan fingerprint density at radius 1 is 1.42 bits per heavy atom. The molecule has 0 amide bonds. The monoisotopic (exact) mass is 170 g/mol. The zero-order valence-corrected chi connectivity index (χ0v) is 6.60. The molecule has 1 rings (SSSR count). The molecule has 0 bridgehead atoms. The molecule has 0 fully saturated rings. The normalized spacial score (nSPS) is 9.58. The quantitative estimate of drug-likeness (QED) is 0.620. The summed E-state index contributed by atoms with van der Waals surface area (Å²) in [6, 6.07) is 3.12. The van der Waals surface area contributed by atoms with Crippen LogP contribution >= 0.6 is 0 Å². The third kappa shape index (κ3) is 1.61. The number of hydrogen-bond acceptors (Lipinski definition) is 1. The molecular formula is C9H8F2O. The number of ether oxygens (including phenoxy) is 1. The highest BCUT2D eigenvalue weighted by Gasteiger charge is 2.06. The topological polar surface area (TPSA) is 9.23 Å². The van der Waals surface area contributed by atoms with Gasteiger partial charge in [0.1, 0.15) is 17.4 Å². The van der Waals surface area contributed by atoms with E-state index in [-0.39, 0.29) is 11.3 Å². The van der Waals surface area contributed by atoms with Gasteiger partial charge >= 0.3 is 0 Å². The van der Waals surface area contributed by atoms with Crippen LogP contribution in [-0.2, 0) is 4.74 Å². The smallest absolute Gasteiger partial charge is 0.134 e. The van der Waals surface area contributed by atoms with Crippen LogP contribution in [0.15, 0.2) is 24.8 Å². The summed E-state index contributed by atoms with van der Waals surface area (Å²) in [5.74, 6) is -0.931. The summed E-state index contributed by atoms with van der Waals surface area (Å²) in [6.45, 7) is 3.42. The van der Waals surface area contributed by atoms with Crippen LogP contribution in [0.5, 0.6) is 0 Å². The Labute approximate surface area is 69.3 Å². The van der Waals surface area contributed by atoms with Crippen LogP contribution in [0.1, 0.15) is 5.56 Å². The Morgan fingerprint density at radius 3 is 2.67 bits per heavy atom. The molecule has 64 valence electrons. The second kappa shape index (κ2) is 3.34. The molecule has 0 heterocycles. The Hall–Kier alpha value is -1.38. The van der Waals surface area contributed by atoms with Gasteiger partial charge in [-0.25, -0.2) is 8.78 Å². The minimum absolute atomic E-state index is 0.0532. The van der Waals surface area contributed by atoms with Crippen LogP contribution in [0, 0.1) is 11.6 Å². The van der Waals surface area contributed by atoms with Crippen molar-refractivity contribution in [1.29, 1.82) is 0 Å². The molecule has 0 aliphatic rings. The first-order valence-electron chi connectivity index (χ1n) is 3.33. The average Bonchev–Trinajstić information content (AvgIpc) is 2.08. The van der Waals surface area contributed by atoms with E-state index in [4.69, 9.17) is 0 Å². The fraction of sp³-hybridized carbons (Fsp3) is 0.111. The maximum absolute atomic E-state index is 12.9. The fourth-order valence-corrected chi connectivity index (χ4v) is 0.821. The number of hydrogen-bond donors (Lipinski definition) is 0. The van der Waals surface area contributed by atoms with Crippen molar-refractivity contribution in [2.45, 2.75) is 0 Å². The summed E-state index contributed by atoms with van der Waals surface area (Å²) in [5, 5.41) is 0. The summed E-state index contributed by atoms with van der Waals surface area (Å²) in [5.41, 5.74) is 0.0532. The van der Waals surface area contributed by atoms with Gasteiger partial charge in [0.05, 0.1) is 12.7 Å². The molecule has 0 aliphatic heterocycles. The molecule has 1 aromatic rings. The van der Waals surface area contributed by atoms with Crippen molar-refractivity contribution in [3.8, 4) is 0 Å². The van der Waals surface area contributed by atoms with E-state index in [1.54, 1.807) is 0 Å². The van der Waals surface area contributed by atoms with E-state index in [0.717, 1.165) is 18.2 Å². The molecule has 0 atom stereocenters. The molecule has 3 heteroatoms. The van der Waals surface area contributed by atoms with Gasteiger partial charge < -0.3 is 4.74 Å². The van der Waals surface area contributed by atoms with Gasteiger partial charge in [0.25, 0.3) is 0 Å². The number of benzene rings is 1.